The first kappa shape index (κ1) is 14.1. The van der Waals surface area contributed by atoms with E-state index >= 15 is 0 Å². The van der Waals surface area contributed by atoms with Gasteiger partial charge in [0.15, 0.2) is 0 Å². The van der Waals surface area contributed by atoms with E-state index < -0.39 is 0 Å². The van der Waals surface area contributed by atoms with Gasteiger partial charge >= 0.3 is 0 Å². The molecule has 1 aliphatic heterocycles. The molecule has 1 N–H and O–H groups in total. The molecule has 0 aliphatic carbocycles. The first-order chi connectivity index (χ1) is 9.04. The Morgan fingerprint density at radius 1 is 1.42 bits per heavy atom. The number of hydrogen-bond donors (Lipinski definition) is 1. The molecule has 2 rings (SSSR count). The van der Waals surface area contributed by atoms with Gasteiger partial charge in [0.25, 0.3) is 0 Å². The first-order valence-electron chi connectivity index (χ1n) is 7.07. The summed E-state index contributed by atoms with van der Waals surface area (Å²) in [7, 11) is 0. The Bertz CT molecular complexity index is 431. The lowest BCUT2D eigenvalue weighted by Crippen LogP contribution is -2.37. The van der Waals surface area contributed by atoms with Crippen molar-refractivity contribution in [1.29, 1.82) is 0 Å². The van der Waals surface area contributed by atoms with Gasteiger partial charge in [0.2, 0.25) is 5.91 Å². The fraction of sp³-hybridized carbons (Fsp3) is 0.667. The summed E-state index contributed by atoms with van der Waals surface area (Å²) >= 11 is 0. The fourth-order valence-electron chi connectivity index (χ4n) is 2.72. The van der Waals surface area contributed by atoms with E-state index in [-0.39, 0.29) is 5.91 Å². The number of nitrogens with zero attached hydrogens (tertiary/aromatic N) is 1. The van der Waals surface area contributed by atoms with Crippen LogP contribution in [-0.2, 0) is 11.3 Å². The summed E-state index contributed by atoms with van der Waals surface area (Å²) in [5.74, 6) is 2.74. The lowest BCUT2D eigenvalue weighted by atomic mass is 9.96. The van der Waals surface area contributed by atoms with E-state index in [1.54, 1.807) is 6.92 Å². The molecule has 19 heavy (non-hydrogen) atoms. The number of hydrogen-bond acceptors (Lipinski definition) is 3. The molecule has 1 aromatic heterocycles. The second-order valence-corrected chi connectivity index (χ2v) is 5.60. The molecule has 2 heterocycles. The smallest absolute Gasteiger partial charge is 0.216 e. The van der Waals surface area contributed by atoms with Crippen LogP contribution in [0, 0.1) is 19.8 Å². The topological polar surface area (TPSA) is 45.5 Å². The third-order valence-corrected chi connectivity index (χ3v) is 3.88. The minimum atomic E-state index is 0.0759. The van der Waals surface area contributed by atoms with Crippen LogP contribution in [0.2, 0.25) is 0 Å². The SMILES string of the molecule is CC(=O)NCC1CCN(Cc2cc(C)oc2C)CC1. The monoisotopic (exact) mass is 264 g/mol. The van der Waals surface area contributed by atoms with Gasteiger partial charge in [-0.3, -0.25) is 9.69 Å². The Morgan fingerprint density at radius 2 is 2.11 bits per heavy atom. The van der Waals surface area contributed by atoms with Crippen molar-refractivity contribution < 1.29 is 9.21 Å². The summed E-state index contributed by atoms with van der Waals surface area (Å²) in [4.78, 5) is 13.4. The minimum absolute atomic E-state index is 0.0759. The maximum Gasteiger partial charge on any atom is 0.216 e. The van der Waals surface area contributed by atoms with Crippen LogP contribution in [0.1, 0.15) is 36.8 Å². The molecule has 4 heteroatoms. The number of amides is 1. The van der Waals surface area contributed by atoms with Crippen LogP contribution >= 0.6 is 0 Å². The molecular weight excluding hydrogens is 240 g/mol. The van der Waals surface area contributed by atoms with E-state index in [0.717, 1.165) is 50.5 Å². The molecule has 1 saturated heterocycles. The van der Waals surface area contributed by atoms with Crippen LogP contribution in [0.25, 0.3) is 0 Å². The van der Waals surface area contributed by atoms with Crippen molar-refractivity contribution >= 4 is 5.91 Å². The van der Waals surface area contributed by atoms with Crippen molar-refractivity contribution in [3.8, 4) is 0 Å². The predicted octanol–water partition coefficient (Wildman–Crippen LogP) is 2.24. The van der Waals surface area contributed by atoms with Crippen molar-refractivity contribution in [3.05, 3.63) is 23.2 Å². The van der Waals surface area contributed by atoms with Crippen LogP contribution in [0.5, 0.6) is 0 Å². The molecule has 0 aromatic carbocycles. The summed E-state index contributed by atoms with van der Waals surface area (Å²) in [6, 6.07) is 2.14. The van der Waals surface area contributed by atoms with Crippen LogP contribution in [0.4, 0.5) is 0 Å². The zero-order valence-corrected chi connectivity index (χ0v) is 12.2. The highest BCUT2D eigenvalue weighted by Crippen LogP contribution is 2.21. The second-order valence-electron chi connectivity index (χ2n) is 5.60. The summed E-state index contributed by atoms with van der Waals surface area (Å²) in [5, 5.41) is 2.92. The van der Waals surface area contributed by atoms with Crippen LogP contribution in [0.3, 0.4) is 0 Å². The molecule has 0 atom stereocenters. The van der Waals surface area contributed by atoms with Gasteiger partial charge in [-0.15, -0.1) is 0 Å². The Labute approximate surface area is 115 Å². The Morgan fingerprint density at radius 3 is 2.63 bits per heavy atom. The molecule has 1 amide bonds. The number of carbonyl (C=O) groups excluding carboxylic acids is 1. The lowest BCUT2D eigenvalue weighted by Gasteiger charge is -2.31. The van der Waals surface area contributed by atoms with E-state index in [1.165, 1.54) is 5.56 Å². The largest absolute Gasteiger partial charge is 0.466 e. The number of nitrogens with one attached hydrogen (secondary N) is 1. The zero-order chi connectivity index (χ0) is 13.8. The van der Waals surface area contributed by atoms with Crippen LogP contribution < -0.4 is 5.32 Å². The molecule has 0 saturated carbocycles. The number of rotatable bonds is 4. The molecular formula is C15H24N2O2. The maximum absolute atomic E-state index is 10.9. The standard InChI is InChI=1S/C15H24N2O2/c1-11-8-15(12(2)19-11)10-17-6-4-14(5-7-17)9-16-13(3)18/h8,14H,4-7,9-10H2,1-3H3,(H,16,18). The Hall–Kier alpha value is -1.29. The number of furan rings is 1. The fourth-order valence-corrected chi connectivity index (χ4v) is 2.72. The highest BCUT2D eigenvalue weighted by Gasteiger charge is 2.20. The average molecular weight is 264 g/mol. The van der Waals surface area contributed by atoms with Gasteiger partial charge in [-0.1, -0.05) is 0 Å². The van der Waals surface area contributed by atoms with Crippen molar-refractivity contribution in [3.63, 3.8) is 0 Å². The number of carbonyl (C=O) groups is 1. The normalized spacial score (nSPS) is 17.6. The van der Waals surface area contributed by atoms with Crippen molar-refractivity contribution in [2.45, 2.75) is 40.2 Å². The van der Waals surface area contributed by atoms with E-state index in [9.17, 15) is 4.79 Å². The van der Waals surface area contributed by atoms with E-state index in [0.29, 0.717) is 5.92 Å². The third kappa shape index (κ3) is 4.10. The van der Waals surface area contributed by atoms with Gasteiger partial charge in [-0.2, -0.15) is 0 Å². The second kappa shape index (κ2) is 6.24. The van der Waals surface area contributed by atoms with Gasteiger partial charge < -0.3 is 9.73 Å². The van der Waals surface area contributed by atoms with Crippen molar-refractivity contribution in [1.82, 2.24) is 10.2 Å². The van der Waals surface area contributed by atoms with E-state index in [4.69, 9.17) is 4.42 Å². The quantitative estimate of drug-likeness (QED) is 0.907. The third-order valence-electron chi connectivity index (χ3n) is 3.88. The minimum Gasteiger partial charge on any atom is -0.466 e. The molecule has 1 fully saturated rings. The number of piperidine rings is 1. The summed E-state index contributed by atoms with van der Waals surface area (Å²) in [5.41, 5.74) is 1.30. The summed E-state index contributed by atoms with van der Waals surface area (Å²) in [6.45, 7) is 9.63. The van der Waals surface area contributed by atoms with Gasteiger partial charge in [0.1, 0.15) is 11.5 Å². The average Bonchev–Trinajstić information content (AvgIpc) is 2.67. The predicted molar refractivity (Wildman–Crippen MR) is 74.9 cm³/mol. The van der Waals surface area contributed by atoms with E-state index in [1.807, 2.05) is 13.8 Å². The van der Waals surface area contributed by atoms with Crippen molar-refractivity contribution in [2.75, 3.05) is 19.6 Å². The molecule has 0 radical (unpaired) electrons. The maximum atomic E-state index is 10.9. The Kier molecular flexibility index (Phi) is 4.64. The van der Waals surface area contributed by atoms with E-state index in [2.05, 4.69) is 16.3 Å². The lowest BCUT2D eigenvalue weighted by molar-refractivity contribution is -0.119. The van der Waals surface area contributed by atoms with Crippen LogP contribution in [-0.4, -0.2) is 30.4 Å². The molecule has 1 aromatic rings. The number of likely N-dealkylation sites (tertiary alicyclic amines) is 1. The zero-order valence-electron chi connectivity index (χ0n) is 12.2. The molecule has 1 aliphatic rings. The highest BCUT2D eigenvalue weighted by atomic mass is 16.3. The number of aryl methyl sites for hydroxylation is 2. The highest BCUT2D eigenvalue weighted by molar-refractivity contribution is 5.72. The molecule has 0 spiro atoms. The van der Waals surface area contributed by atoms with Gasteiger partial charge in [0, 0.05) is 25.6 Å². The van der Waals surface area contributed by atoms with Gasteiger partial charge in [0.05, 0.1) is 0 Å². The van der Waals surface area contributed by atoms with Crippen molar-refractivity contribution in [2.24, 2.45) is 5.92 Å². The summed E-state index contributed by atoms with van der Waals surface area (Å²) in [6.07, 6.45) is 2.33. The molecule has 0 bridgehead atoms. The van der Waals surface area contributed by atoms with Gasteiger partial charge in [-0.05, 0) is 51.8 Å². The first-order valence-corrected chi connectivity index (χ1v) is 7.07. The van der Waals surface area contributed by atoms with Crippen LogP contribution in [0.15, 0.2) is 10.5 Å². The summed E-state index contributed by atoms with van der Waals surface area (Å²) < 4.78 is 5.57. The molecule has 106 valence electrons. The van der Waals surface area contributed by atoms with Gasteiger partial charge in [-0.25, -0.2) is 0 Å². The molecule has 4 nitrogen and oxygen atoms in total. The Balaban J connectivity index is 1.77. The molecule has 0 unspecified atom stereocenters.